The zero-order chi connectivity index (χ0) is 17.5. The lowest BCUT2D eigenvalue weighted by molar-refractivity contribution is -0.384. The molecule has 2 aromatic rings. The van der Waals surface area contributed by atoms with E-state index in [0.29, 0.717) is 5.56 Å². The summed E-state index contributed by atoms with van der Waals surface area (Å²) in [5, 5.41) is 22.6. The summed E-state index contributed by atoms with van der Waals surface area (Å²) in [6, 6.07) is 16.6. The van der Waals surface area contributed by atoms with Crippen molar-refractivity contribution in [3.63, 3.8) is 0 Å². The van der Waals surface area contributed by atoms with E-state index in [9.17, 15) is 20.2 Å². The van der Waals surface area contributed by atoms with Crippen LogP contribution in [0.3, 0.4) is 0 Å². The van der Waals surface area contributed by atoms with Gasteiger partial charge in [-0.15, -0.1) is 0 Å². The van der Waals surface area contributed by atoms with Crippen LogP contribution in [0.25, 0.3) is 6.08 Å². The molecule has 6 heteroatoms. The lowest BCUT2D eigenvalue weighted by Gasteiger charge is -2.13. The Morgan fingerprint density at radius 2 is 1.83 bits per heavy atom. The van der Waals surface area contributed by atoms with Gasteiger partial charge in [0.05, 0.1) is 11.0 Å². The highest BCUT2D eigenvalue weighted by molar-refractivity contribution is 6.01. The van der Waals surface area contributed by atoms with Crippen molar-refractivity contribution >= 4 is 17.7 Å². The molecule has 1 N–H and O–H groups in total. The number of rotatable bonds is 5. The van der Waals surface area contributed by atoms with Crippen molar-refractivity contribution in [3.05, 3.63) is 81.4 Å². The van der Waals surface area contributed by atoms with Gasteiger partial charge in [0, 0.05) is 12.1 Å². The van der Waals surface area contributed by atoms with Gasteiger partial charge in [0.25, 0.3) is 11.6 Å². The first-order valence-electron chi connectivity index (χ1n) is 7.23. The molecule has 0 spiro atoms. The van der Waals surface area contributed by atoms with Crippen LogP contribution < -0.4 is 5.32 Å². The summed E-state index contributed by atoms with van der Waals surface area (Å²) in [7, 11) is 0. The molecule has 0 heterocycles. The van der Waals surface area contributed by atoms with E-state index in [0.717, 1.165) is 5.56 Å². The number of hydrogen-bond acceptors (Lipinski definition) is 4. The van der Waals surface area contributed by atoms with Crippen LogP contribution in [0.1, 0.15) is 24.1 Å². The van der Waals surface area contributed by atoms with Crippen LogP contribution in [-0.2, 0) is 4.79 Å². The Hall–Kier alpha value is -3.46. The smallest absolute Gasteiger partial charge is 0.269 e. The van der Waals surface area contributed by atoms with Gasteiger partial charge in [-0.05, 0) is 36.3 Å². The predicted octanol–water partition coefficient (Wildman–Crippen LogP) is 3.38. The third-order valence-electron chi connectivity index (χ3n) is 3.43. The molecule has 1 atom stereocenters. The largest absolute Gasteiger partial charge is 0.345 e. The summed E-state index contributed by atoms with van der Waals surface area (Å²) in [6.45, 7) is 1.83. The highest BCUT2D eigenvalue weighted by atomic mass is 16.6. The summed E-state index contributed by atoms with van der Waals surface area (Å²) in [6.07, 6.45) is 1.40. The van der Waals surface area contributed by atoms with Gasteiger partial charge in [-0.3, -0.25) is 14.9 Å². The average molecular weight is 321 g/mol. The fourth-order valence-corrected chi connectivity index (χ4v) is 2.11. The van der Waals surface area contributed by atoms with Gasteiger partial charge in [-0.25, -0.2) is 0 Å². The standard InChI is InChI=1S/C18H15N3O3/c1-13(15-5-3-2-4-6-15)20-18(22)16(12-19)11-14-7-9-17(10-8-14)21(23)24/h2-11,13H,1H3,(H,20,22)/t13-/m0/s1. The molecule has 0 saturated carbocycles. The lowest BCUT2D eigenvalue weighted by atomic mass is 10.1. The van der Waals surface area contributed by atoms with Crippen molar-refractivity contribution < 1.29 is 9.72 Å². The van der Waals surface area contributed by atoms with Gasteiger partial charge >= 0.3 is 0 Å². The molecular formula is C18H15N3O3. The van der Waals surface area contributed by atoms with Crippen LogP contribution in [0.5, 0.6) is 0 Å². The van der Waals surface area contributed by atoms with Gasteiger partial charge in [-0.2, -0.15) is 5.26 Å². The van der Waals surface area contributed by atoms with Crippen LogP contribution in [0.2, 0.25) is 0 Å². The van der Waals surface area contributed by atoms with Gasteiger partial charge in [0.15, 0.2) is 0 Å². The van der Waals surface area contributed by atoms with E-state index >= 15 is 0 Å². The number of non-ortho nitro benzene ring substituents is 1. The molecule has 0 bridgehead atoms. The van der Waals surface area contributed by atoms with Crippen molar-refractivity contribution in [2.45, 2.75) is 13.0 Å². The topological polar surface area (TPSA) is 96.0 Å². The third kappa shape index (κ3) is 4.27. The highest BCUT2D eigenvalue weighted by Gasteiger charge is 2.14. The number of nitriles is 1. The summed E-state index contributed by atoms with van der Waals surface area (Å²) in [5.74, 6) is -0.493. The molecule has 0 aliphatic carbocycles. The number of benzene rings is 2. The maximum atomic E-state index is 12.2. The van der Waals surface area contributed by atoms with E-state index in [1.807, 2.05) is 43.3 Å². The summed E-state index contributed by atoms with van der Waals surface area (Å²) < 4.78 is 0. The fourth-order valence-electron chi connectivity index (χ4n) is 2.11. The Morgan fingerprint density at radius 3 is 2.38 bits per heavy atom. The second-order valence-corrected chi connectivity index (χ2v) is 5.12. The van der Waals surface area contributed by atoms with Crippen molar-refractivity contribution in [2.75, 3.05) is 0 Å². The van der Waals surface area contributed by atoms with E-state index in [1.54, 1.807) is 0 Å². The lowest BCUT2D eigenvalue weighted by Crippen LogP contribution is -2.27. The molecule has 0 aliphatic rings. The monoisotopic (exact) mass is 321 g/mol. The summed E-state index contributed by atoms with van der Waals surface area (Å²) in [5.41, 5.74) is 1.36. The first-order valence-corrected chi connectivity index (χ1v) is 7.23. The minimum atomic E-state index is -0.507. The number of nitrogens with zero attached hydrogens (tertiary/aromatic N) is 2. The maximum absolute atomic E-state index is 12.2. The molecule has 2 rings (SSSR count). The maximum Gasteiger partial charge on any atom is 0.269 e. The number of nitro groups is 1. The molecule has 0 unspecified atom stereocenters. The normalized spacial score (nSPS) is 12.1. The predicted molar refractivity (Wildman–Crippen MR) is 89.7 cm³/mol. The SMILES string of the molecule is C[C@H](NC(=O)C(C#N)=Cc1ccc([N+](=O)[O-])cc1)c1ccccc1. The molecule has 0 radical (unpaired) electrons. The molecule has 0 saturated heterocycles. The number of hydrogen-bond donors (Lipinski definition) is 1. The Bertz CT molecular complexity index is 806. The number of amides is 1. The molecule has 6 nitrogen and oxygen atoms in total. The zero-order valence-electron chi connectivity index (χ0n) is 13.0. The first kappa shape index (κ1) is 16.9. The van der Waals surface area contributed by atoms with Gasteiger partial charge in [0.1, 0.15) is 11.6 Å². The molecule has 0 aliphatic heterocycles. The minimum Gasteiger partial charge on any atom is -0.345 e. The molecule has 0 aromatic heterocycles. The summed E-state index contributed by atoms with van der Waals surface area (Å²) in [4.78, 5) is 22.3. The molecule has 2 aromatic carbocycles. The van der Waals surface area contributed by atoms with Crippen molar-refractivity contribution in [1.29, 1.82) is 5.26 Å². The number of carbonyl (C=O) groups excluding carboxylic acids is 1. The Balaban J connectivity index is 2.13. The van der Waals surface area contributed by atoms with Crippen molar-refractivity contribution in [3.8, 4) is 6.07 Å². The molecule has 0 fully saturated rings. The van der Waals surface area contributed by atoms with Crippen LogP contribution in [-0.4, -0.2) is 10.8 Å². The average Bonchev–Trinajstić information content (AvgIpc) is 2.60. The van der Waals surface area contributed by atoms with Crippen molar-refractivity contribution in [1.82, 2.24) is 5.32 Å². The summed E-state index contributed by atoms with van der Waals surface area (Å²) >= 11 is 0. The molecule has 120 valence electrons. The first-order chi connectivity index (χ1) is 11.5. The van der Waals surface area contributed by atoms with E-state index in [4.69, 9.17) is 0 Å². The van der Waals surface area contributed by atoms with E-state index in [2.05, 4.69) is 5.32 Å². The van der Waals surface area contributed by atoms with E-state index < -0.39 is 10.8 Å². The van der Waals surface area contributed by atoms with Crippen LogP contribution in [0.4, 0.5) is 5.69 Å². The molecule has 1 amide bonds. The van der Waals surface area contributed by atoms with Crippen LogP contribution >= 0.6 is 0 Å². The number of carbonyl (C=O) groups is 1. The molecular weight excluding hydrogens is 306 g/mol. The Morgan fingerprint density at radius 1 is 1.21 bits per heavy atom. The van der Waals surface area contributed by atoms with Crippen LogP contribution in [0, 0.1) is 21.4 Å². The second kappa shape index (κ2) is 7.70. The van der Waals surface area contributed by atoms with Gasteiger partial charge in [-0.1, -0.05) is 30.3 Å². The highest BCUT2D eigenvalue weighted by Crippen LogP contribution is 2.16. The number of nitro benzene ring substituents is 1. The van der Waals surface area contributed by atoms with Crippen molar-refractivity contribution in [2.24, 2.45) is 0 Å². The quantitative estimate of drug-likeness (QED) is 0.395. The van der Waals surface area contributed by atoms with Crippen LogP contribution in [0.15, 0.2) is 60.2 Å². The van der Waals surface area contributed by atoms with Gasteiger partial charge in [0.2, 0.25) is 0 Å². The fraction of sp³-hybridized carbons (Fsp3) is 0.111. The number of nitrogens with one attached hydrogen (secondary N) is 1. The second-order valence-electron chi connectivity index (χ2n) is 5.12. The Labute approximate surface area is 139 Å². The molecule has 24 heavy (non-hydrogen) atoms. The minimum absolute atomic E-state index is 0.0483. The Kier molecular flexibility index (Phi) is 5.42. The van der Waals surface area contributed by atoms with E-state index in [1.165, 1.54) is 30.3 Å². The zero-order valence-corrected chi connectivity index (χ0v) is 13.0. The van der Waals surface area contributed by atoms with E-state index in [-0.39, 0.29) is 17.3 Å². The third-order valence-corrected chi connectivity index (χ3v) is 3.43. The van der Waals surface area contributed by atoms with Gasteiger partial charge < -0.3 is 5.32 Å².